The van der Waals surface area contributed by atoms with Crippen molar-refractivity contribution in [1.82, 2.24) is 4.90 Å². The van der Waals surface area contributed by atoms with Gasteiger partial charge in [-0.3, -0.25) is 14.4 Å². The van der Waals surface area contributed by atoms with Crippen LogP contribution in [0.4, 0.5) is 5.69 Å². The van der Waals surface area contributed by atoms with Gasteiger partial charge in [0.2, 0.25) is 11.8 Å². The number of benzene rings is 1. The summed E-state index contributed by atoms with van der Waals surface area (Å²) in [6.07, 6.45) is 0.357. The van der Waals surface area contributed by atoms with Gasteiger partial charge in [-0.05, 0) is 18.6 Å². The van der Waals surface area contributed by atoms with E-state index >= 15 is 0 Å². The standard InChI is InChI=1S/C14H18N2O4/c1-16(13(18)8-5-9-14(19)20)10-12(17)15-11-6-3-2-4-7-11/h2-4,6-7H,5,8-10H2,1H3,(H,15,17)(H,19,20). The molecule has 0 radical (unpaired) electrons. The molecule has 0 aliphatic rings. The lowest BCUT2D eigenvalue weighted by Gasteiger charge is -2.16. The van der Waals surface area contributed by atoms with Crippen LogP contribution in [0.5, 0.6) is 0 Å². The highest BCUT2D eigenvalue weighted by Gasteiger charge is 2.13. The van der Waals surface area contributed by atoms with Crippen molar-refractivity contribution in [2.45, 2.75) is 19.3 Å². The van der Waals surface area contributed by atoms with Crippen LogP contribution in [-0.4, -0.2) is 41.4 Å². The Hall–Kier alpha value is -2.37. The number of hydrogen-bond acceptors (Lipinski definition) is 3. The van der Waals surface area contributed by atoms with Gasteiger partial charge in [0.1, 0.15) is 0 Å². The average molecular weight is 278 g/mol. The fourth-order valence-corrected chi connectivity index (χ4v) is 1.61. The number of hydrogen-bond donors (Lipinski definition) is 2. The first-order valence-electron chi connectivity index (χ1n) is 6.29. The fourth-order valence-electron chi connectivity index (χ4n) is 1.61. The first-order valence-corrected chi connectivity index (χ1v) is 6.29. The number of rotatable bonds is 7. The average Bonchev–Trinajstić information content (AvgIpc) is 2.39. The van der Waals surface area contributed by atoms with Gasteiger partial charge >= 0.3 is 5.97 Å². The molecule has 0 heterocycles. The minimum atomic E-state index is -0.928. The zero-order chi connectivity index (χ0) is 15.0. The number of likely N-dealkylation sites (N-methyl/N-ethyl adjacent to an activating group) is 1. The number of carbonyl (C=O) groups is 3. The molecule has 1 rings (SSSR count). The van der Waals surface area contributed by atoms with Crippen molar-refractivity contribution in [3.8, 4) is 0 Å². The van der Waals surface area contributed by atoms with Crippen molar-refractivity contribution in [1.29, 1.82) is 0 Å². The van der Waals surface area contributed by atoms with E-state index in [1.54, 1.807) is 24.3 Å². The number of aliphatic carboxylic acids is 1. The van der Waals surface area contributed by atoms with Crippen molar-refractivity contribution >= 4 is 23.5 Å². The lowest BCUT2D eigenvalue weighted by Crippen LogP contribution is -2.34. The number of nitrogens with zero attached hydrogens (tertiary/aromatic N) is 1. The minimum Gasteiger partial charge on any atom is -0.481 e. The van der Waals surface area contributed by atoms with Crippen molar-refractivity contribution in [3.05, 3.63) is 30.3 Å². The van der Waals surface area contributed by atoms with E-state index in [1.165, 1.54) is 11.9 Å². The van der Waals surface area contributed by atoms with Crippen LogP contribution in [0.1, 0.15) is 19.3 Å². The van der Waals surface area contributed by atoms with E-state index in [9.17, 15) is 14.4 Å². The lowest BCUT2D eigenvalue weighted by atomic mass is 10.2. The molecule has 2 N–H and O–H groups in total. The number of nitrogens with one attached hydrogen (secondary N) is 1. The zero-order valence-electron chi connectivity index (χ0n) is 11.3. The summed E-state index contributed by atoms with van der Waals surface area (Å²) in [7, 11) is 1.52. The van der Waals surface area contributed by atoms with E-state index in [2.05, 4.69) is 5.32 Å². The van der Waals surface area contributed by atoms with Gasteiger partial charge in [-0.25, -0.2) is 0 Å². The Kier molecular flexibility index (Phi) is 6.22. The van der Waals surface area contributed by atoms with E-state index in [0.29, 0.717) is 5.69 Å². The van der Waals surface area contributed by atoms with Crippen LogP contribution >= 0.6 is 0 Å². The molecule has 0 bridgehead atoms. The summed E-state index contributed by atoms with van der Waals surface area (Å²) < 4.78 is 0. The summed E-state index contributed by atoms with van der Waals surface area (Å²) in [6, 6.07) is 8.96. The Morgan fingerprint density at radius 1 is 1.15 bits per heavy atom. The van der Waals surface area contributed by atoms with Gasteiger partial charge in [-0.15, -0.1) is 0 Å². The van der Waals surface area contributed by atoms with Gasteiger partial charge in [-0.2, -0.15) is 0 Å². The maximum absolute atomic E-state index is 11.7. The van der Waals surface area contributed by atoms with E-state index in [4.69, 9.17) is 5.11 Å². The Bertz CT molecular complexity index is 473. The van der Waals surface area contributed by atoms with E-state index < -0.39 is 5.97 Å². The number of carboxylic acids is 1. The SMILES string of the molecule is CN(CC(=O)Nc1ccccc1)C(=O)CCCC(=O)O. The molecule has 6 nitrogen and oxygen atoms in total. The maximum Gasteiger partial charge on any atom is 0.303 e. The molecule has 0 fully saturated rings. The highest BCUT2D eigenvalue weighted by molar-refractivity contribution is 5.94. The van der Waals surface area contributed by atoms with E-state index in [-0.39, 0.29) is 37.6 Å². The summed E-state index contributed by atoms with van der Waals surface area (Å²) in [6.45, 7) is -0.0548. The third-order valence-corrected chi connectivity index (χ3v) is 2.65. The molecule has 2 amide bonds. The molecule has 0 unspecified atom stereocenters. The molecular formula is C14H18N2O4. The third-order valence-electron chi connectivity index (χ3n) is 2.65. The first-order chi connectivity index (χ1) is 9.49. The van der Waals surface area contributed by atoms with Gasteiger partial charge < -0.3 is 15.3 Å². The quantitative estimate of drug-likeness (QED) is 0.788. The molecule has 0 saturated carbocycles. The number of amides is 2. The summed E-state index contributed by atoms with van der Waals surface area (Å²) >= 11 is 0. The predicted octanol–water partition coefficient (Wildman–Crippen LogP) is 1.34. The molecule has 1 aromatic carbocycles. The molecule has 6 heteroatoms. The molecule has 0 aliphatic heterocycles. The molecule has 0 saturated heterocycles. The van der Waals surface area contributed by atoms with Crippen LogP contribution in [0.3, 0.4) is 0 Å². The minimum absolute atomic E-state index is 0.0458. The van der Waals surface area contributed by atoms with Gasteiger partial charge in [0.15, 0.2) is 0 Å². The summed E-state index contributed by atoms with van der Waals surface area (Å²) in [5.74, 6) is -1.46. The van der Waals surface area contributed by atoms with Crippen molar-refractivity contribution in [2.75, 3.05) is 18.9 Å². The Labute approximate surface area is 117 Å². The predicted molar refractivity (Wildman–Crippen MR) is 74.2 cm³/mol. The summed E-state index contributed by atoms with van der Waals surface area (Å²) in [4.78, 5) is 35.0. The van der Waals surface area contributed by atoms with Gasteiger partial charge in [0.05, 0.1) is 6.54 Å². The van der Waals surface area contributed by atoms with Crippen LogP contribution in [0.25, 0.3) is 0 Å². The van der Waals surface area contributed by atoms with Crippen LogP contribution in [0.2, 0.25) is 0 Å². The van der Waals surface area contributed by atoms with Crippen molar-refractivity contribution in [3.63, 3.8) is 0 Å². The smallest absolute Gasteiger partial charge is 0.303 e. The number of para-hydroxylation sites is 1. The van der Waals surface area contributed by atoms with Gasteiger partial charge in [0, 0.05) is 25.6 Å². The topological polar surface area (TPSA) is 86.7 Å². The highest BCUT2D eigenvalue weighted by Crippen LogP contribution is 2.05. The second-order valence-corrected chi connectivity index (χ2v) is 4.41. The largest absolute Gasteiger partial charge is 0.481 e. The molecule has 0 atom stereocenters. The molecule has 0 spiro atoms. The zero-order valence-corrected chi connectivity index (χ0v) is 11.3. The Morgan fingerprint density at radius 2 is 1.80 bits per heavy atom. The van der Waals surface area contributed by atoms with Crippen LogP contribution in [0, 0.1) is 0 Å². The number of anilines is 1. The molecule has 108 valence electrons. The maximum atomic E-state index is 11.7. The second-order valence-electron chi connectivity index (χ2n) is 4.41. The Balaban J connectivity index is 2.33. The van der Waals surface area contributed by atoms with Crippen LogP contribution < -0.4 is 5.32 Å². The Morgan fingerprint density at radius 3 is 2.40 bits per heavy atom. The molecule has 1 aromatic rings. The molecular weight excluding hydrogens is 260 g/mol. The summed E-state index contributed by atoms with van der Waals surface area (Å²) in [5.41, 5.74) is 0.671. The second kappa shape index (κ2) is 7.93. The van der Waals surface area contributed by atoms with Gasteiger partial charge in [-0.1, -0.05) is 18.2 Å². The van der Waals surface area contributed by atoms with Crippen LogP contribution in [-0.2, 0) is 14.4 Å². The summed E-state index contributed by atoms with van der Waals surface area (Å²) in [5, 5.41) is 11.2. The number of carbonyl (C=O) groups excluding carboxylic acids is 2. The van der Waals surface area contributed by atoms with Gasteiger partial charge in [0.25, 0.3) is 0 Å². The van der Waals surface area contributed by atoms with Crippen LogP contribution in [0.15, 0.2) is 30.3 Å². The first kappa shape index (κ1) is 15.7. The lowest BCUT2D eigenvalue weighted by molar-refractivity contribution is -0.137. The molecule has 0 aromatic heterocycles. The van der Waals surface area contributed by atoms with Crippen molar-refractivity contribution < 1.29 is 19.5 Å². The van der Waals surface area contributed by atoms with Crippen molar-refractivity contribution in [2.24, 2.45) is 0 Å². The van der Waals surface area contributed by atoms with E-state index in [0.717, 1.165) is 0 Å². The highest BCUT2D eigenvalue weighted by atomic mass is 16.4. The monoisotopic (exact) mass is 278 g/mol. The molecule has 20 heavy (non-hydrogen) atoms. The third kappa shape index (κ3) is 5.99. The molecule has 0 aliphatic carbocycles. The normalized spacial score (nSPS) is 9.85. The number of carboxylic acid groups (broad SMARTS) is 1. The fraction of sp³-hybridized carbons (Fsp3) is 0.357. The van der Waals surface area contributed by atoms with E-state index in [1.807, 2.05) is 6.07 Å².